The van der Waals surface area contributed by atoms with Crippen LogP contribution in [0.15, 0.2) is 23.6 Å². The summed E-state index contributed by atoms with van der Waals surface area (Å²) in [5.74, 6) is 0.311. The van der Waals surface area contributed by atoms with Gasteiger partial charge in [-0.1, -0.05) is 6.07 Å². The maximum atomic E-state index is 9.23. The van der Waals surface area contributed by atoms with Crippen molar-refractivity contribution in [1.29, 1.82) is 0 Å². The summed E-state index contributed by atoms with van der Waals surface area (Å²) in [6.45, 7) is 0. The topological polar surface area (TPSA) is 33.1 Å². The molecule has 0 spiro atoms. The molecule has 2 nitrogen and oxygen atoms in total. The van der Waals surface area contributed by atoms with Crippen molar-refractivity contribution in [3.63, 3.8) is 0 Å². The van der Waals surface area contributed by atoms with Crippen molar-refractivity contribution in [2.75, 3.05) is 0 Å². The number of aromatic nitrogens is 1. The number of phenolic OH excluding ortho intramolecular Hbond substituents is 1. The van der Waals surface area contributed by atoms with Crippen LogP contribution in [-0.2, 0) is 0 Å². The van der Waals surface area contributed by atoms with Crippen molar-refractivity contribution >= 4 is 22.4 Å². The van der Waals surface area contributed by atoms with Crippen LogP contribution in [0.25, 0.3) is 10.9 Å². The number of hydrogen-bond donors (Lipinski definition) is 1. The molecule has 0 aliphatic heterocycles. The standard InChI is InChI=1S/C7H5NOS/c9-7-3-1-2-6-5(7)4-10-8-6/h1-4,9H. The second-order valence-corrected chi connectivity index (χ2v) is 2.65. The van der Waals surface area contributed by atoms with Gasteiger partial charge in [0.15, 0.2) is 0 Å². The van der Waals surface area contributed by atoms with Gasteiger partial charge in [-0.15, -0.1) is 0 Å². The normalized spacial score (nSPS) is 10.4. The fraction of sp³-hybridized carbons (Fsp3) is 0. The lowest BCUT2D eigenvalue weighted by atomic mass is 10.2. The summed E-state index contributed by atoms with van der Waals surface area (Å²) < 4.78 is 4.06. The van der Waals surface area contributed by atoms with E-state index in [4.69, 9.17) is 0 Å². The monoisotopic (exact) mass is 151 g/mol. The Labute approximate surface area is 61.9 Å². The number of fused-ring (bicyclic) bond motifs is 1. The van der Waals surface area contributed by atoms with E-state index in [-0.39, 0.29) is 0 Å². The first-order valence-corrected chi connectivity index (χ1v) is 3.73. The Morgan fingerprint density at radius 1 is 1.40 bits per heavy atom. The molecule has 0 saturated carbocycles. The number of rotatable bonds is 0. The van der Waals surface area contributed by atoms with Gasteiger partial charge in [0.2, 0.25) is 0 Å². The van der Waals surface area contributed by atoms with Gasteiger partial charge in [0.1, 0.15) is 5.75 Å². The number of nitrogens with zero attached hydrogens (tertiary/aromatic N) is 1. The molecule has 1 aromatic heterocycles. The van der Waals surface area contributed by atoms with Gasteiger partial charge in [0.25, 0.3) is 0 Å². The Kier molecular flexibility index (Phi) is 1.11. The van der Waals surface area contributed by atoms with Gasteiger partial charge in [-0.2, -0.15) is 4.37 Å². The highest BCUT2D eigenvalue weighted by Crippen LogP contribution is 2.24. The lowest BCUT2D eigenvalue weighted by Gasteiger charge is -1.89. The molecule has 0 aliphatic carbocycles. The maximum absolute atomic E-state index is 9.23. The highest BCUT2D eigenvalue weighted by Gasteiger charge is 1.98. The lowest BCUT2D eigenvalue weighted by molar-refractivity contribution is 0.482. The third-order valence-electron chi connectivity index (χ3n) is 1.38. The van der Waals surface area contributed by atoms with Crippen molar-refractivity contribution < 1.29 is 5.11 Å². The summed E-state index contributed by atoms with van der Waals surface area (Å²) in [7, 11) is 0. The highest BCUT2D eigenvalue weighted by molar-refractivity contribution is 7.04. The lowest BCUT2D eigenvalue weighted by Crippen LogP contribution is -1.66. The van der Waals surface area contributed by atoms with Gasteiger partial charge in [0, 0.05) is 5.38 Å². The Morgan fingerprint density at radius 3 is 3.10 bits per heavy atom. The molecule has 50 valence electrons. The number of phenols is 1. The first-order chi connectivity index (χ1) is 4.88. The van der Waals surface area contributed by atoms with Crippen molar-refractivity contribution in [2.45, 2.75) is 0 Å². The number of hydrogen-bond acceptors (Lipinski definition) is 3. The van der Waals surface area contributed by atoms with Gasteiger partial charge in [-0.05, 0) is 23.7 Å². The fourth-order valence-electron chi connectivity index (χ4n) is 0.877. The fourth-order valence-corrected chi connectivity index (χ4v) is 1.55. The Morgan fingerprint density at radius 2 is 2.30 bits per heavy atom. The van der Waals surface area contributed by atoms with Crippen LogP contribution in [0.4, 0.5) is 0 Å². The molecule has 0 amide bonds. The smallest absolute Gasteiger partial charge is 0.125 e. The molecule has 10 heavy (non-hydrogen) atoms. The summed E-state index contributed by atoms with van der Waals surface area (Å²) in [5.41, 5.74) is 0.866. The van der Waals surface area contributed by atoms with E-state index in [1.54, 1.807) is 12.1 Å². The quantitative estimate of drug-likeness (QED) is 0.624. The molecular formula is C7H5NOS. The molecule has 1 heterocycles. The van der Waals surface area contributed by atoms with E-state index in [1.807, 2.05) is 11.4 Å². The van der Waals surface area contributed by atoms with Gasteiger partial charge in [-0.25, -0.2) is 0 Å². The van der Waals surface area contributed by atoms with Gasteiger partial charge in [0.05, 0.1) is 10.9 Å². The average molecular weight is 151 g/mol. The number of benzene rings is 1. The summed E-state index contributed by atoms with van der Waals surface area (Å²) in [6.07, 6.45) is 0. The summed E-state index contributed by atoms with van der Waals surface area (Å²) in [6, 6.07) is 5.33. The van der Waals surface area contributed by atoms with E-state index in [1.165, 1.54) is 11.5 Å². The average Bonchev–Trinajstić information content (AvgIpc) is 2.36. The van der Waals surface area contributed by atoms with Crippen LogP contribution in [0, 0.1) is 0 Å². The molecule has 2 aromatic rings. The summed E-state index contributed by atoms with van der Waals surface area (Å²) >= 11 is 1.36. The molecule has 0 radical (unpaired) electrons. The van der Waals surface area contributed by atoms with Crippen LogP contribution >= 0.6 is 11.5 Å². The predicted octanol–water partition coefficient (Wildman–Crippen LogP) is 2.00. The Hall–Kier alpha value is -1.09. The van der Waals surface area contributed by atoms with Gasteiger partial charge >= 0.3 is 0 Å². The molecular weight excluding hydrogens is 146 g/mol. The third kappa shape index (κ3) is 0.675. The van der Waals surface area contributed by atoms with Crippen LogP contribution in [0.3, 0.4) is 0 Å². The molecule has 0 atom stereocenters. The summed E-state index contributed by atoms with van der Waals surface area (Å²) in [5, 5.41) is 11.9. The largest absolute Gasteiger partial charge is 0.507 e. The van der Waals surface area contributed by atoms with Crippen LogP contribution in [0.5, 0.6) is 5.75 Å². The first kappa shape index (κ1) is 5.68. The SMILES string of the molecule is Oc1cccc2nscc12. The van der Waals surface area contributed by atoms with E-state index in [0.717, 1.165) is 10.9 Å². The van der Waals surface area contributed by atoms with Gasteiger partial charge < -0.3 is 5.11 Å². The Bertz CT molecular complexity index is 355. The van der Waals surface area contributed by atoms with Crippen molar-refractivity contribution in [2.24, 2.45) is 0 Å². The molecule has 0 saturated heterocycles. The molecule has 1 N–H and O–H groups in total. The molecule has 0 bridgehead atoms. The van der Waals surface area contributed by atoms with E-state index in [0.29, 0.717) is 5.75 Å². The van der Waals surface area contributed by atoms with E-state index < -0.39 is 0 Å². The van der Waals surface area contributed by atoms with Crippen LogP contribution in [0.2, 0.25) is 0 Å². The zero-order valence-corrected chi connectivity index (χ0v) is 5.93. The van der Waals surface area contributed by atoms with Crippen molar-refractivity contribution in [1.82, 2.24) is 4.37 Å². The molecule has 3 heteroatoms. The minimum absolute atomic E-state index is 0.311. The van der Waals surface area contributed by atoms with E-state index >= 15 is 0 Å². The molecule has 0 fully saturated rings. The van der Waals surface area contributed by atoms with Crippen LogP contribution in [-0.4, -0.2) is 9.48 Å². The predicted molar refractivity (Wildman–Crippen MR) is 41.3 cm³/mol. The second-order valence-electron chi connectivity index (χ2n) is 2.02. The van der Waals surface area contributed by atoms with Crippen LogP contribution < -0.4 is 0 Å². The third-order valence-corrected chi connectivity index (χ3v) is 2.02. The Balaban J connectivity index is 2.95. The molecule has 0 aliphatic rings. The molecule has 1 aromatic carbocycles. The van der Waals surface area contributed by atoms with Gasteiger partial charge in [-0.3, -0.25) is 0 Å². The van der Waals surface area contributed by atoms with E-state index in [2.05, 4.69) is 4.37 Å². The van der Waals surface area contributed by atoms with Crippen molar-refractivity contribution in [3.8, 4) is 5.75 Å². The van der Waals surface area contributed by atoms with Crippen molar-refractivity contribution in [3.05, 3.63) is 23.6 Å². The minimum atomic E-state index is 0.311. The second kappa shape index (κ2) is 1.95. The maximum Gasteiger partial charge on any atom is 0.125 e. The first-order valence-electron chi connectivity index (χ1n) is 2.90. The minimum Gasteiger partial charge on any atom is -0.507 e. The number of aromatic hydroxyl groups is 1. The van der Waals surface area contributed by atoms with Crippen LogP contribution in [0.1, 0.15) is 0 Å². The zero-order chi connectivity index (χ0) is 6.97. The molecule has 0 unspecified atom stereocenters. The summed E-state index contributed by atoms with van der Waals surface area (Å²) in [4.78, 5) is 0. The molecule has 2 rings (SSSR count). The van der Waals surface area contributed by atoms with E-state index in [9.17, 15) is 5.11 Å². The highest BCUT2D eigenvalue weighted by atomic mass is 32.1. The zero-order valence-electron chi connectivity index (χ0n) is 5.11.